The van der Waals surface area contributed by atoms with Gasteiger partial charge in [-0.15, -0.1) is 0 Å². The normalized spacial score (nSPS) is 11.0. The summed E-state index contributed by atoms with van der Waals surface area (Å²) in [5.74, 6) is 3.10. The van der Waals surface area contributed by atoms with Gasteiger partial charge in [-0.25, -0.2) is 10.2 Å². The number of methoxy groups -OCH3 is 7. The zero-order valence-electron chi connectivity index (χ0n) is 30.6. The van der Waals surface area contributed by atoms with Gasteiger partial charge >= 0.3 is 5.63 Å². The van der Waals surface area contributed by atoms with Crippen LogP contribution in [0.3, 0.4) is 0 Å². The van der Waals surface area contributed by atoms with E-state index >= 15 is 0 Å². The molecule has 0 radical (unpaired) electrons. The number of benzene rings is 4. The molecule has 0 atom stereocenters. The Balaban J connectivity index is 1.59. The summed E-state index contributed by atoms with van der Waals surface area (Å²) in [5, 5.41) is 1.02. The quantitative estimate of drug-likeness (QED) is 0.0931. The van der Waals surface area contributed by atoms with Crippen LogP contribution in [-0.2, 0) is 19.5 Å². The van der Waals surface area contributed by atoms with Gasteiger partial charge in [0, 0.05) is 35.5 Å². The molecular formula is C40H41N3O10. The van der Waals surface area contributed by atoms with Gasteiger partial charge in [0.1, 0.15) is 22.5 Å². The summed E-state index contributed by atoms with van der Waals surface area (Å²) in [7, 11) is 10.8. The van der Waals surface area contributed by atoms with Crippen molar-refractivity contribution in [1.29, 1.82) is 0 Å². The number of ether oxygens (including phenoxy) is 7. The van der Waals surface area contributed by atoms with E-state index in [0.29, 0.717) is 69.4 Å². The van der Waals surface area contributed by atoms with Crippen molar-refractivity contribution in [1.82, 2.24) is 15.4 Å². The Labute approximate surface area is 305 Å². The van der Waals surface area contributed by atoms with Crippen LogP contribution in [0.15, 0.2) is 82.0 Å². The molecule has 0 aliphatic heterocycles. The topological polar surface area (TPSA) is 141 Å². The van der Waals surface area contributed by atoms with Crippen molar-refractivity contribution in [3.8, 4) is 51.4 Å². The molecular weight excluding hydrogens is 682 g/mol. The molecule has 276 valence electrons. The average Bonchev–Trinajstić information content (AvgIpc) is 3.55. The number of aryl methyl sites for hydroxylation is 2. The van der Waals surface area contributed by atoms with Gasteiger partial charge in [0.25, 0.3) is 5.91 Å². The number of hydrogen-bond acceptors (Lipinski definition) is 11. The van der Waals surface area contributed by atoms with E-state index in [1.165, 1.54) is 21.3 Å². The Morgan fingerprint density at radius 3 is 1.89 bits per heavy atom. The molecule has 0 saturated heterocycles. The molecule has 0 bridgehead atoms. The van der Waals surface area contributed by atoms with Crippen LogP contribution in [0, 0.1) is 0 Å². The van der Waals surface area contributed by atoms with Crippen LogP contribution in [-0.4, -0.2) is 60.2 Å². The maximum Gasteiger partial charge on any atom is 0.361 e. The molecule has 0 aliphatic carbocycles. The standard InChI is InChI=1S/C40H41N3O10/c1-46-26-12-8-24(9-13-26)22-41-42-39(44)37-35(25-11-15-29(48-3)32(19-25)50-5)36-27-20-33(51-6)34(52-7)21-30(27)53-40(45)38(36)43(37)17-16-23-10-14-28(47-2)31(18-23)49-4/h8-15,18-21,41H,16-17,22H2,1-7H3,(H,42,44). The maximum absolute atomic E-state index is 14.6. The van der Waals surface area contributed by atoms with Crippen molar-refractivity contribution < 1.29 is 42.4 Å². The molecule has 4 aromatic carbocycles. The minimum atomic E-state index is -0.640. The molecule has 0 saturated carbocycles. The van der Waals surface area contributed by atoms with Crippen LogP contribution < -0.4 is 49.6 Å². The van der Waals surface area contributed by atoms with Crippen LogP contribution in [0.25, 0.3) is 33.0 Å². The number of fused-ring (bicyclic) bond motifs is 3. The number of rotatable bonds is 15. The number of carbonyl (C=O) groups excluding carboxylic acids is 1. The van der Waals surface area contributed by atoms with Gasteiger partial charge in [0.15, 0.2) is 34.5 Å². The average molecular weight is 724 g/mol. The van der Waals surface area contributed by atoms with E-state index in [0.717, 1.165) is 16.9 Å². The molecule has 0 aliphatic rings. The van der Waals surface area contributed by atoms with Gasteiger partial charge in [-0.2, -0.15) is 0 Å². The van der Waals surface area contributed by atoms with Crippen molar-refractivity contribution in [2.75, 3.05) is 49.8 Å². The largest absolute Gasteiger partial charge is 0.497 e. The van der Waals surface area contributed by atoms with E-state index in [1.807, 2.05) is 48.5 Å². The minimum Gasteiger partial charge on any atom is -0.497 e. The molecule has 6 aromatic rings. The molecule has 2 N–H and O–H groups in total. The van der Waals surface area contributed by atoms with Gasteiger partial charge in [0.2, 0.25) is 0 Å². The number of carbonyl (C=O) groups is 1. The zero-order chi connectivity index (χ0) is 37.6. The second kappa shape index (κ2) is 15.9. The van der Waals surface area contributed by atoms with Crippen LogP contribution in [0.4, 0.5) is 0 Å². The lowest BCUT2D eigenvalue weighted by Crippen LogP contribution is -2.38. The van der Waals surface area contributed by atoms with Crippen molar-refractivity contribution >= 4 is 27.8 Å². The van der Waals surface area contributed by atoms with Crippen LogP contribution >= 0.6 is 0 Å². The van der Waals surface area contributed by atoms with E-state index in [2.05, 4.69) is 10.9 Å². The molecule has 2 heterocycles. The monoisotopic (exact) mass is 723 g/mol. The highest BCUT2D eigenvalue weighted by molar-refractivity contribution is 6.18. The molecule has 0 fully saturated rings. The van der Waals surface area contributed by atoms with Crippen LogP contribution in [0.5, 0.6) is 40.2 Å². The van der Waals surface area contributed by atoms with Gasteiger partial charge in [-0.3, -0.25) is 10.2 Å². The van der Waals surface area contributed by atoms with E-state index in [9.17, 15) is 9.59 Å². The molecule has 13 heteroatoms. The Morgan fingerprint density at radius 1 is 0.660 bits per heavy atom. The third-order valence-corrected chi connectivity index (χ3v) is 9.03. The summed E-state index contributed by atoms with van der Waals surface area (Å²) >= 11 is 0. The predicted molar refractivity (Wildman–Crippen MR) is 200 cm³/mol. The van der Waals surface area contributed by atoms with E-state index < -0.39 is 11.5 Å². The second-order valence-corrected chi connectivity index (χ2v) is 11.9. The van der Waals surface area contributed by atoms with Crippen LogP contribution in [0.1, 0.15) is 21.6 Å². The Morgan fingerprint density at radius 2 is 1.25 bits per heavy atom. The third kappa shape index (κ3) is 7.11. The fraction of sp³-hybridized carbons (Fsp3) is 0.250. The van der Waals surface area contributed by atoms with E-state index in [4.69, 9.17) is 37.6 Å². The Hall–Kier alpha value is -6.34. The van der Waals surface area contributed by atoms with Gasteiger partial charge in [0.05, 0.1) is 49.8 Å². The van der Waals surface area contributed by atoms with Crippen molar-refractivity contribution in [2.24, 2.45) is 0 Å². The lowest BCUT2D eigenvalue weighted by Gasteiger charge is -2.15. The SMILES string of the molecule is COc1ccc(CNNC(=O)c2c(-c3ccc(OC)c(OC)c3)c3c4cc(OC)c(OC)cc4oc(=O)c3n2CCc2ccc(OC)c(OC)c2)cc1. The fourth-order valence-corrected chi connectivity index (χ4v) is 6.42. The summed E-state index contributed by atoms with van der Waals surface area (Å²) in [6, 6.07) is 21.7. The van der Waals surface area contributed by atoms with E-state index in [-0.39, 0.29) is 23.3 Å². The summed E-state index contributed by atoms with van der Waals surface area (Å²) in [6.45, 7) is 0.527. The summed E-state index contributed by atoms with van der Waals surface area (Å²) < 4.78 is 46.3. The lowest BCUT2D eigenvalue weighted by molar-refractivity contribution is 0.0924. The zero-order valence-corrected chi connectivity index (χ0v) is 30.6. The lowest BCUT2D eigenvalue weighted by atomic mass is 9.98. The molecule has 13 nitrogen and oxygen atoms in total. The molecule has 0 spiro atoms. The number of amides is 1. The van der Waals surface area contributed by atoms with Crippen LogP contribution in [0.2, 0.25) is 0 Å². The summed E-state index contributed by atoms with van der Waals surface area (Å²) in [6.07, 6.45) is 0.415. The fourth-order valence-electron chi connectivity index (χ4n) is 6.42. The maximum atomic E-state index is 14.6. The first-order valence-corrected chi connectivity index (χ1v) is 16.6. The highest BCUT2D eigenvalue weighted by Gasteiger charge is 2.29. The first-order valence-electron chi connectivity index (χ1n) is 16.6. The van der Waals surface area contributed by atoms with Gasteiger partial charge < -0.3 is 42.1 Å². The predicted octanol–water partition coefficient (Wildman–Crippen LogP) is 6.15. The highest BCUT2D eigenvalue weighted by Crippen LogP contribution is 2.43. The highest BCUT2D eigenvalue weighted by atomic mass is 16.5. The van der Waals surface area contributed by atoms with Crippen molar-refractivity contribution in [3.05, 3.63) is 100 Å². The number of nitrogens with zero attached hydrogens (tertiary/aromatic N) is 1. The summed E-state index contributed by atoms with van der Waals surface area (Å²) in [5.41, 5.74) is 8.80. The third-order valence-electron chi connectivity index (χ3n) is 9.03. The second-order valence-electron chi connectivity index (χ2n) is 11.9. The first kappa shape index (κ1) is 36.5. The molecule has 2 aromatic heterocycles. The van der Waals surface area contributed by atoms with Gasteiger partial charge in [-0.05, 0) is 65.6 Å². The molecule has 6 rings (SSSR count). The van der Waals surface area contributed by atoms with Crippen molar-refractivity contribution in [3.63, 3.8) is 0 Å². The molecule has 53 heavy (non-hydrogen) atoms. The van der Waals surface area contributed by atoms with Gasteiger partial charge in [-0.1, -0.05) is 24.3 Å². The minimum absolute atomic E-state index is 0.190. The number of aromatic nitrogens is 1. The number of nitrogens with one attached hydrogen (secondary N) is 2. The molecule has 1 amide bonds. The smallest absolute Gasteiger partial charge is 0.361 e. The number of hydrogen-bond donors (Lipinski definition) is 2. The Kier molecular flexibility index (Phi) is 10.9. The van der Waals surface area contributed by atoms with Crippen molar-refractivity contribution in [2.45, 2.75) is 19.5 Å². The molecule has 0 unspecified atom stereocenters. The number of hydrazine groups is 1. The van der Waals surface area contributed by atoms with E-state index in [1.54, 1.807) is 57.3 Å². The first-order chi connectivity index (χ1) is 25.8. The Bertz CT molecular complexity index is 2330. The summed E-state index contributed by atoms with van der Waals surface area (Å²) in [4.78, 5) is 28.7.